The van der Waals surface area contributed by atoms with Crippen molar-refractivity contribution in [1.29, 1.82) is 0 Å². The molecule has 1 aliphatic rings. The SMILES string of the molecule is NC(=O)OC1CCN(c2ccc(C(=O)Nc3nc(-c4ccccc4Cl)cs3)nc2)CC1. The highest BCUT2D eigenvalue weighted by Gasteiger charge is 2.22. The number of benzene rings is 1. The lowest BCUT2D eigenvalue weighted by molar-refractivity contribution is 0.0912. The highest BCUT2D eigenvalue weighted by Crippen LogP contribution is 2.30. The van der Waals surface area contributed by atoms with Gasteiger partial charge >= 0.3 is 6.09 Å². The molecule has 31 heavy (non-hydrogen) atoms. The van der Waals surface area contributed by atoms with Crippen LogP contribution < -0.4 is 16.0 Å². The minimum atomic E-state index is -0.741. The van der Waals surface area contributed by atoms with Gasteiger partial charge in [0, 0.05) is 41.9 Å². The number of aromatic nitrogens is 2. The van der Waals surface area contributed by atoms with Gasteiger partial charge in [0.25, 0.3) is 5.91 Å². The third-order valence-electron chi connectivity index (χ3n) is 4.94. The first-order chi connectivity index (χ1) is 15.0. The standard InChI is InChI=1S/C21H20ClN5O3S/c22-16-4-2-1-3-15(16)18-12-31-21(25-18)26-19(28)17-6-5-13(11-24-17)27-9-7-14(8-10-27)30-20(23)29/h1-6,11-12,14H,7-10H2,(H2,23,29)(H,25,26,28). The number of carbonyl (C=O) groups excluding carboxylic acids is 2. The number of amides is 2. The van der Waals surface area contributed by atoms with Crippen LogP contribution in [0.5, 0.6) is 0 Å². The van der Waals surface area contributed by atoms with E-state index in [1.165, 1.54) is 11.3 Å². The first kappa shape index (κ1) is 21.1. The van der Waals surface area contributed by atoms with Crippen molar-refractivity contribution in [3.05, 3.63) is 58.7 Å². The Bertz CT molecular complexity index is 1080. The maximum absolute atomic E-state index is 12.6. The third kappa shape index (κ3) is 5.12. The van der Waals surface area contributed by atoms with Gasteiger partial charge in [0.05, 0.1) is 17.6 Å². The number of halogens is 1. The molecule has 0 aliphatic carbocycles. The van der Waals surface area contributed by atoms with Crippen molar-refractivity contribution in [3.8, 4) is 11.3 Å². The topological polar surface area (TPSA) is 110 Å². The van der Waals surface area contributed by atoms with Gasteiger partial charge < -0.3 is 15.4 Å². The number of carbonyl (C=O) groups is 2. The van der Waals surface area contributed by atoms with Gasteiger partial charge in [-0.1, -0.05) is 29.8 Å². The molecule has 1 aliphatic heterocycles. The Kier molecular flexibility index (Phi) is 6.34. The molecule has 3 N–H and O–H groups in total. The van der Waals surface area contributed by atoms with Crippen LogP contribution in [-0.4, -0.2) is 41.2 Å². The van der Waals surface area contributed by atoms with E-state index in [-0.39, 0.29) is 12.0 Å². The van der Waals surface area contributed by atoms with Crippen LogP contribution >= 0.6 is 22.9 Å². The number of nitrogens with zero attached hydrogens (tertiary/aromatic N) is 3. The van der Waals surface area contributed by atoms with E-state index in [1.807, 2.05) is 29.6 Å². The summed E-state index contributed by atoms with van der Waals surface area (Å²) in [6.45, 7) is 1.43. The number of pyridine rings is 1. The molecule has 3 aromatic rings. The number of rotatable bonds is 5. The Morgan fingerprint density at radius 3 is 2.65 bits per heavy atom. The van der Waals surface area contributed by atoms with E-state index in [2.05, 4.69) is 20.2 Å². The minimum Gasteiger partial charge on any atom is -0.446 e. The van der Waals surface area contributed by atoms with Crippen LogP contribution in [0.4, 0.5) is 15.6 Å². The van der Waals surface area contributed by atoms with Crippen LogP contribution in [0.1, 0.15) is 23.3 Å². The zero-order chi connectivity index (χ0) is 21.8. The Balaban J connectivity index is 1.36. The molecule has 2 amide bonds. The normalized spacial score (nSPS) is 14.3. The van der Waals surface area contributed by atoms with Crippen LogP contribution in [0.3, 0.4) is 0 Å². The molecule has 3 heterocycles. The minimum absolute atomic E-state index is 0.152. The molecular weight excluding hydrogens is 438 g/mol. The number of hydrogen-bond donors (Lipinski definition) is 2. The maximum Gasteiger partial charge on any atom is 0.404 e. The molecule has 0 radical (unpaired) electrons. The summed E-state index contributed by atoms with van der Waals surface area (Å²) in [4.78, 5) is 34.3. The number of ether oxygens (including phenoxy) is 1. The van der Waals surface area contributed by atoms with Crippen LogP contribution in [0.15, 0.2) is 48.0 Å². The Hall–Kier alpha value is -3.17. The highest BCUT2D eigenvalue weighted by atomic mass is 35.5. The summed E-state index contributed by atoms with van der Waals surface area (Å²) < 4.78 is 5.05. The van der Waals surface area contributed by atoms with E-state index in [1.54, 1.807) is 18.3 Å². The first-order valence-corrected chi connectivity index (χ1v) is 10.9. The van der Waals surface area contributed by atoms with Crippen LogP contribution in [0.25, 0.3) is 11.3 Å². The number of nitrogens with two attached hydrogens (primary N) is 1. The summed E-state index contributed by atoms with van der Waals surface area (Å²) in [5, 5.41) is 5.71. The Morgan fingerprint density at radius 1 is 1.19 bits per heavy atom. The molecule has 0 saturated carbocycles. The van der Waals surface area contributed by atoms with E-state index in [4.69, 9.17) is 22.1 Å². The van der Waals surface area contributed by atoms with Crippen LogP contribution in [0, 0.1) is 0 Å². The third-order valence-corrected chi connectivity index (χ3v) is 6.03. The quantitative estimate of drug-likeness (QED) is 0.594. The molecule has 0 atom stereocenters. The van der Waals surface area contributed by atoms with E-state index in [9.17, 15) is 9.59 Å². The molecule has 2 aromatic heterocycles. The van der Waals surface area contributed by atoms with Gasteiger partial charge in [-0.3, -0.25) is 10.1 Å². The molecule has 0 unspecified atom stereocenters. The zero-order valence-electron chi connectivity index (χ0n) is 16.5. The highest BCUT2D eigenvalue weighted by molar-refractivity contribution is 7.14. The number of anilines is 2. The second kappa shape index (κ2) is 9.32. The lowest BCUT2D eigenvalue weighted by Gasteiger charge is -2.32. The van der Waals surface area contributed by atoms with Crippen molar-refractivity contribution < 1.29 is 14.3 Å². The molecule has 0 bridgehead atoms. The van der Waals surface area contributed by atoms with Crippen molar-refractivity contribution in [2.45, 2.75) is 18.9 Å². The molecule has 1 saturated heterocycles. The number of hydrogen-bond acceptors (Lipinski definition) is 7. The van der Waals surface area contributed by atoms with E-state index < -0.39 is 6.09 Å². The predicted molar refractivity (Wildman–Crippen MR) is 121 cm³/mol. The van der Waals surface area contributed by atoms with Crippen molar-refractivity contribution >= 4 is 45.8 Å². The fourth-order valence-electron chi connectivity index (χ4n) is 3.39. The Morgan fingerprint density at radius 2 is 1.97 bits per heavy atom. The average Bonchev–Trinajstić information content (AvgIpc) is 3.22. The number of nitrogens with one attached hydrogen (secondary N) is 1. The molecule has 0 spiro atoms. The summed E-state index contributed by atoms with van der Waals surface area (Å²) in [6, 6.07) is 11.0. The molecule has 1 fully saturated rings. The van der Waals surface area contributed by atoms with Gasteiger partial charge in [-0.15, -0.1) is 11.3 Å². The van der Waals surface area contributed by atoms with Crippen molar-refractivity contribution in [2.75, 3.05) is 23.3 Å². The zero-order valence-corrected chi connectivity index (χ0v) is 18.0. The van der Waals surface area contributed by atoms with Gasteiger partial charge in [0.2, 0.25) is 0 Å². The second-order valence-electron chi connectivity index (χ2n) is 7.00. The fraction of sp³-hybridized carbons (Fsp3) is 0.238. The largest absolute Gasteiger partial charge is 0.446 e. The summed E-state index contributed by atoms with van der Waals surface area (Å²) in [5.74, 6) is -0.333. The summed E-state index contributed by atoms with van der Waals surface area (Å²) in [6.07, 6.45) is 2.17. The van der Waals surface area contributed by atoms with E-state index in [0.717, 1.165) is 24.3 Å². The van der Waals surface area contributed by atoms with Crippen molar-refractivity contribution in [1.82, 2.24) is 9.97 Å². The predicted octanol–water partition coefficient (Wildman–Crippen LogP) is 4.17. The van der Waals surface area contributed by atoms with E-state index >= 15 is 0 Å². The maximum atomic E-state index is 12.6. The van der Waals surface area contributed by atoms with E-state index in [0.29, 0.717) is 34.4 Å². The lowest BCUT2D eigenvalue weighted by atomic mass is 10.1. The van der Waals surface area contributed by atoms with Gasteiger partial charge in [-0.2, -0.15) is 0 Å². The smallest absolute Gasteiger partial charge is 0.404 e. The lowest BCUT2D eigenvalue weighted by Crippen LogP contribution is -2.38. The molecule has 8 nitrogen and oxygen atoms in total. The van der Waals surface area contributed by atoms with Gasteiger partial charge in [0.1, 0.15) is 11.8 Å². The summed E-state index contributed by atoms with van der Waals surface area (Å²) in [7, 11) is 0. The average molecular weight is 458 g/mol. The monoisotopic (exact) mass is 457 g/mol. The molecule has 1 aromatic carbocycles. The second-order valence-corrected chi connectivity index (χ2v) is 8.26. The first-order valence-electron chi connectivity index (χ1n) is 9.68. The van der Waals surface area contributed by atoms with Gasteiger partial charge in [0.15, 0.2) is 5.13 Å². The summed E-state index contributed by atoms with van der Waals surface area (Å²) in [5.41, 5.74) is 7.80. The number of piperidine rings is 1. The van der Waals surface area contributed by atoms with Gasteiger partial charge in [-0.25, -0.2) is 14.8 Å². The molecular formula is C21H20ClN5O3S. The summed E-state index contributed by atoms with van der Waals surface area (Å²) >= 11 is 7.54. The van der Waals surface area contributed by atoms with Gasteiger partial charge in [-0.05, 0) is 18.2 Å². The van der Waals surface area contributed by atoms with Crippen molar-refractivity contribution in [3.63, 3.8) is 0 Å². The Labute approximate surface area is 188 Å². The van der Waals surface area contributed by atoms with Crippen LogP contribution in [-0.2, 0) is 4.74 Å². The number of primary amides is 1. The number of thiazole rings is 1. The van der Waals surface area contributed by atoms with Crippen LogP contribution in [0.2, 0.25) is 5.02 Å². The molecule has 160 valence electrons. The molecule has 4 rings (SSSR count). The fourth-order valence-corrected chi connectivity index (χ4v) is 4.33. The van der Waals surface area contributed by atoms with Crippen molar-refractivity contribution in [2.24, 2.45) is 5.73 Å². The molecule has 10 heteroatoms.